The third-order valence-corrected chi connectivity index (χ3v) is 2.58. The summed E-state index contributed by atoms with van der Waals surface area (Å²) in [5, 5.41) is 0. The van der Waals surface area contributed by atoms with Gasteiger partial charge in [-0.1, -0.05) is 0 Å². The Labute approximate surface area is 105 Å². The molecule has 2 aromatic carbocycles. The van der Waals surface area contributed by atoms with Crippen molar-refractivity contribution in [2.45, 2.75) is 6.92 Å². The molecule has 0 aliphatic carbocycles. The summed E-state index contributed by atoms with van der Waals surface area (Å²) < 4.78 is 23.8. The Morgan fingerprint density at radius 1 is 1.06 bits per heavy atom. The van der Waals surface area contributed by atoms with Crippen LogP contribution in [0.15, 0.2) is 36.4 Å². The van der Waals surface area contributed by atoms with E-state index in [1.165, 1.54) is 12.1 Å². The average Bonchev–Trinajstić information content (AvgIpc) is 2.35. The lowest BCUT2D eigenvalue weighted by Gasteiger charge is -2.11. The molecule has 0 aliphatic rings. The number of nitrogen functional groups attached to an aromatic ring is 1. The summed E-state index contributed by atoms with van der Waals surface area (Å²) in [5.41, 5.74) is 7.02. The standard InChI is InChI=1S/C14H14FNO2/c1-9-7-10(15)3-6-13(9)18-14-8-11(17-2)4-5-12(14)16/h3-8H,16H2,1-2H3. The largest absolute Gasteiger partial charge is 0.497 e. The maximum absolute atomic E-state index is 13.0. The maximum atomic E-state index is 13.0. The van der Waals surface area contributed by atoms with Gasteiger partial charge in [0.1, 0.15) is 17.3 Å². The van der Waals surface area contributed by atoms with E-state index >= 15 is 0 Å². The monoisotopic (exact) mass is 247 g/mol. The zero-order valence-corrected chi connectivity index (χ0v) is 10.2. The van der Waals surface area contributed by atoms with Gasteiger partial charge in [-0.15, -0.1) is 0 Å². The lowest BCUT2D eigenvalue weighted by atomic mass is 10.2. The molecule has 0 fully saturated rings. The van der Waals surface area contributed by atoms with Crippen molar-refractivity contribution >= 4 is 5.69 Å². The molecule has 0 heterocycles. The smallest absolute Gasteiger partial charge is 0.154 e. The first-order valence-corrected chi connectivity index (χ1v) is 5.47. The number of nitrogens with two attached hydrogens (primary N) is 1. The highest BCUT2D eigenvalue weighted by atomic mass is 19.1. The van der Waals surface area contributed by atoms with Crippen LogP contribution in [0.4, 0.5) is 10.1 Å². The van der Waals surface area contributed by atoms with Crippen molar-refractivity contribution in [2.75, 3.05) is 12.8 Å². The Hall–Kier alpha value is -2.23. The topological polar surface area (TPSA) is 44.5 Å². The van der Waals surface area contributed by atoms with E-state index in [4.69, 9.17) is 15.2 Å². The Bertz CT molecular complexity index is 570. The number of hydrogen-bond donors (Lipinski definition) is 1. The van der Waals surface area contributed by atoms with Gasteiger partial charge in [0.15, 0.2) is 5.75 Å². The average molecular weight is 247 g/mol. The van der Waals surface area contributed by atoms with Crippen LogP contribution in [0.3, 0.4) is 0 Å². The first-order chi connectivity index (χ1) is 8.60. The van der Waals surface area contributed by atoms with Gasteiger partial charge in [0.25, 0.3) is 0 Å². The molecule has 0 aliphatic heterocycles. The summed E-state index contributed by atoms with van der Waals surface area (Å²) >= 11 is 0. The third kappa shape index (κ3) is 2.53. The predicted molar refractivity (Wildman–Crippen MR) is 68.6 cm³/mol. The molecule has 2 aromatic rings. The molecule has 94 valence electrons. The van der Waals surface area contributed by atoms with Crippen molar-refractivity contribution in [1.82, 2.24) is 0 Å². The fourth-order valence-corrected chi connectivity index (χ4v) is 1.58. The van der Waals surface area contributed by atoms with Gasteiger partial charge in [-0.25, -0.2) is 4.39 Å². The van der Waals surface area contributed by atoms with Crippen molar-refractivity contribution in [3.63, 3.8) is 0 Å². The van der Waals surface area contributed by atoms with Gasteiger partial charge in [0.2, 0.25) is 0 Å². The third-order valence-electron chi connectivity index (χ3n) is 2.58. The van der Waals surface area contributed by atoms with E-state index < -0.39 is 0 Å². The highest BCUT2D eigenvalue weighted by Crippen LogP contribution is 2.32. The van der Waals surface area contributed by atoms with Gasteiger partial charge in [0, 0.05) is 6.07 Å². The minimum Gasteiger partial charge on any atom is -0.497 e. The minimum atomic E-state index is -0.293. The molecule has 0 radical (unpaired) electrons. The number of benzene rings is 2. The van der Waals surface area contributed by atoms with Gasteiger partial charge >= 0.3 is 0 Å². The fraction of sp³-hybridized carbons (Fsp3) is 0.143. The van der Waals surface area contributed by atoms with Crippen molar-refractivity contribution in [1.29, 1.82) is 0 Å². The number of rotatable bonds is 3. The van der Waals surface area contributed by atoms with Gasteiger partial charge < -0.3 is 15.2 Å². The summed E-state index contributed by atoms with van der Waals surface area (Å²) in [7, 11) is 1.57. The van der Waals surface area contributed by atoms with E-state index in [0.717, 1.165) is 0 Å². The van der Waals surface area contributed by atoms with Crippen molar-refractivity contribution < 1.29 is 13.9 Å². The van der Waals surface area contributed by atoms with Crippen LogP contribution in [0.2, 0.25) is 0 Å². The first kappa shape index (κ1) is 12.2. The Morgan fingerprint density at radius 2 is 1.83 bits per heavy atom. The molecule has 0 spiro atoms. The number of methoxy groups -OCH3 is 1. The number of ether oxygens (including phenoxy) is 2. The molecule has 18 heavy (non-hydrogen) atoms. The maximum Gasteiger partial charge on any atom is 0.154 e. The molecule has 0 atom stereocenters. The lowest BCUT2D eigenvalue weighted by molar-refractivity contribution is 0.409. The number of halogens is 1. The van der Waals surface area contributed by atoms with Crippen LogP contribution < -0.4 is 15.2 Å². The van der Waals surface area contributed by atoms with Crippen molar-refractivity contribution in [3.8, 4) is 17.2 Å². The van der Waals surface area contributed by atoms with E-state index in [1.54, 1.807) is 38.3 Å². The van der Waals surface area contributed by atoms with E-state index in [2.05, 4.69) is 0 Å². The van der Waals surface area contributed by atoms with Gasteiger partial charge in [-0.3, -0.25) is 0 Å². The Morgan fingerprint density at radius 3 is 2.50 bits per heavy atom. The summed E-state index contributed by atoms with van der Waals surface area (Å²) in [5.74, 6) is 1.41. The summed E-state index contributed by atoms with van der Waals surface area (Å²) in [6.07, 6.45) is 0. The van der Waals surface area contributed by atoms with E-state index in [0.29, 0.717) is 28.5 Å². The quantitative estimate of drug-likeness (QED) is 0.844. The van der Waals surface area contributed by atoms with Gasteiger partial charge in [0.05, 0.1) is 12.8 Å². The second kappa shape index (κ2) is 4.96. The number of hydrogen-bond acceptors (Lipinski definition) is 3. The van der Waals surface area contributed by atoms with Crippen LogP contribution >= 0.6 is 0 Å². The molecule has 0 amide bonds. The van der Waals surface area contributed by atoms with Crippen molar-refractivity contribution in [2.24, 2.45) is 0 Å². The number of aryl methyl sites for hydroxylation is 1. The minimum absolute atomic E-state index is 0.293. The molecule has 4 heteroatoms. The van der Waals surface area contributed by atoms with Crippen molar-refractivity contribution in [3.05, 3.63) is 47.8 Å². The second-order valence-electron chi connectivity index (χ2n) is 3.92. The van der Waals surface area contributed by atoms with Gasteiger partial charge in [-0.2, -0.15) is 0 Å². The highest BCUT2D eigenvalue weighted by Gasteiger charge is 2.07. The molecule has 0 unspecified atom stereocenters. The molecular formula is C14H14FNO2. The SMILES string of the molecule is COc1ccc(N)c(Oc2ccc(F)cc2C)c1. The van der Waals surface area contributed by atoms with Crippen LogP contribution in [0.5, 0.6) is 17.2 Å². The fourth-order valence-electron chi connectivity index (χ4n) is 1.58. The lowest BCUT2D eigenvalue weighted by Crippen LogP contribution is -1.95. The second-order valence-corrected chi connectivity index (χ2v) is 3.92. The normalized spacial score (nSPS) is 10.2. The summed E-state index contributed by atoms with van der Waals surface area (Å²) in [6.45, 7) is 1.77. The van der Waals surface area contributed by atoms with Crippen LogP contribution in [-0.4, -0.2) is 7.11 Å². The molecule has 0 saturated heterocycles. The first-order valence-electron chi connectivity index (χ1n) is 5.47. The van der Waals surface area contributed by atoms with Gasteiger partial charge in [-0.05, 0) is 42.8 Å². The van der Waals surface area contributed by atoms with E-state index in [-0.39, 0.29) is 5.82 Å². The summed E-state index contributed by atoms with van der Waals surface area (Å²) in [6, 6.07) is 9.47. The molecule has 0 bridgehead atoms. The predicted octanol–water partition coefficient (Wildman–Crippen LogP) is 3.52. The van der Waals surface area contributed by atoms with Crippen LogP contribution in [-0.2, 0) is 0 Å². The van der Waals surface area contributed by atoms with Crippen LogP contribution in [0, 0.1) is 12.7 Å². The van der Waals surface area contributed by atoms with E-state index in [1.807, 2.05) is 0 Å². The zero-order chi connectivity index (χ0) is 13.1. The Balaban J connectivity index is 2.33. The van der Waals surface area contributed by atoms with E-state index in [9.17, 15) is 4.39 Å². The Kier molecular flexibility index (Phi) is 3.37. The van der Waals surface area contributed by atoms with Crippen LogP contribution in [0.25, 0.3) is 0 Å². The number of anilines is 1. The van der Waals surface area contributed by atoms with Crippen LogP contribution in [0.1, 0.15) is 5.56 Å². The molecule has 2 N–H and O–H groups in total. The molecule has 0 aromatic heterocycles. The molecule has 2 rings (SSSR count). The molecule has 0 saturated carbocycles. The molecule has 3 nitrogen and oxygen atoms in total. The summed E-state index contributed by atoms with van der Waals surface area (Å²) in [4.78, 5) is 0. The zero-order valence-electron chi connectivity index (χ0n) is 10.2. The highest BCUT2D eigenvalue weighted by molar-refractivity contribution is 5.57. The molecular weight excluding hydrogens is 233 g/mol.